The minimum Gasteiger partial charge on any atom is -0.372 e. The van der Waals surface area contributed by atoms with Gasteiger partial charge in [-0.25, -0.2) is 0 Å². The van der Waals surface area contributed by atoms with E-state index in [1.807, 2.05) is 13.8 Å². The monoisotopic (exact) mass is 169 g/mol. The van der Waals surface area contributed by atoms with E-state index >= 15 is 0 Å². The van der Waals surface area contributed by atoms with Gasteiger partial charge >= 0.3 is 0 Å². The maximum atomic E-state index is 11.0. The van der Waals surface area contributed by atoms with Gasteiger partial charge in [0, 0.05) is 6.61 Å². The van der Waals surface area contributed by atoms with Gasteiger partial charge < -0.3 is 9.64 Å². The van der Waals surface area contributed by atoms with Gasteiger partial charge in [0.15, 0.2) is 0 Å². The lowest BCUT2D eigenvalue weighted by Crippen LogP contribution is -2.62. The summed E-state index contributed by atoms with van der Waals surface area (Å²) in [6, 6.07) is 0. The molecule has 1 aliphatic heterocycles. The summed E-state index contributed by atoms with van der Waals surface area (Å²) in [5.41, 5.74) is -0.118. The topological polar surface area (TPSA) is 29.5 Å². The minimum atomic E-state index is -0.118. The predicted molar refractivity (Wildman–Crippen MR) is 46.8 cm³/mol. The van der Waals surface area contributed by atoms with Crippen molar-refractivity contribution in [2.24, 2.45) is 0 Å². The van der Waals surface area contributed by atoms with E-state index in [9.17, 15) is 4.79 Å². The zero-order valence-corrected chi connectivity index (χ0v) is 7.67. The van der Waals surface area contributed by atoms with E-state index in [1.54, 1.807) is 4.90 Å². The van der Waals surface area contributed by atoms with Crippen molar-refractivity contribution in [3.63, 3.8) is 0 Å². The predicted octanol–water partition coefficient (Wildman–Crippen LogP) is 0.810. The zero-order valence-electron chi connectivity index (χ0n) is 7.67. The van der Waals surface area contributed by atoms with Crippen LogP contribution in [-0.4, -0.2) is 36.1 Å². The molecular formula is C9H15NO2. The van der Waals surface area contributed by atoms with Crippen LogP contribution in [-0.2, 0) is 9.53 Å². The largest absolute Gasteiger partial charge is 0.372 e. The number of ether oxygens (including phenoxy) is 1. The molecule has 0 spiro atoms. The fourth-order valence-corrected chi connectivity index (χ4v) is 1.49. The second-order valence-corrected chi connectivity index (χ2v) is 3.28. The van der Waals surface area contributed by atoms with Crippen molar-refractivity contribution in [1.29, 1.82) is 0 Å². The van der Waals surface area contributed by atoms with Crippen molar-refractivity contribution < 1.29 is 9.53 Å². The van der Waals surface area contributed by atoms with Crippen LogP contribution in [0.5, 0.6) is 0 Å². The van der Waals surface area contributed by atoms with E-state index in [2.05, 4.69) is 6.58 Å². The van der Waals surface area contributed by atoms with Crippen LogP contribution in [0.4, 0.5) is 0 Å². The Labute approximate surface area is 73.0 Å². The van der Waals surface area contributed by atoms with E-state index in [0.717, 1.165) is 0 Å². The van der Waals surface area contributed by atoms with Gasteiger partial charge in [0.05, 0.1) is 13.1 Å². The van der Waals surface area contributed by atoms with Crippen LogP contribution in [0.2, 0.25) is 0 Å². The SMILES string of the molecule is C=CC(=O)N1CC(C)(OCC)C1. The summed E-state index contributed by atoms with van der Waals surface area (Å²) in [4.78, 5) is 12.8. The molecule has 0 aromatic carbocycles. The maximum absolute atomic E-state index is 11.0. The second-order valence-electron chi connectivity index (χ2n) is 3.28. The van der Waals surface area contributed by atoms with Gasteiger partial charge in [-0.2, -0.15) is 0 Å². The van der Waals surface area contributed by atoms with Crippen LogP contribution < -0.4 is 0 Å². The molecule has 0 unspecified atom stereocenters. The zero-order chi connectivity index (χ0) is 9.19. The molecule has 0 atom stereocenters. The highest BCUT2D eigenvalue weighted by atomic mass is 16.5. The average molecular weight is 169 g/mol. The summed E-state index contributed by atoms with van der Waals surface area (Å²) in [6.07, 6.45) is 1.34. The quantitative estimate of drug-likeness (QED) is 0.585. The van der Waals surface area contributed by atoms with Gasteiger partial charge in [0.2, 0.25) is 5.91 Å². The second kappa shape index (κ2) is 3.27. The number of likely N-dealkylation sites (tertiary alicyclic amines) is 1. The molecule has 3 heteroatoms. The molecule has 1 amide bonds. The lowest BCUT2D eigenvalue weighted by molar-refractivity contribution is -0.158. The maximum Gasteiger partial charge on any atom is 0.246 e. The Balaban J connectivity index is 2.36. The molecule has 0 aliphatic carbocycles. The van der Waals surface area contributed by atoms with Gasteiger partial charge in [-0.05, 0) is 19.9 Å². The molecule has 1 fully saturated rings. The highest BCUT2D eigenvalue weighted by Crippen LogP contribution is 2.24. The number of carbonyl (C=O) groups excluding carboxylic acids is 1. The van der Waals surface area contributed by atoms with Gasteiger partial charge in [-0.15, -0.1) is 0 Å². The van der Waals surface area contributed by atoms with Crippen molar-refractivity contribution >= 4 is 5.91 Å². The van der Waals surface area contributed by atoms with Crippen LogP contribution in [0.15, 0.2) is 12.7 Å². The van der Waals surface area contributed by atoms with Crippen LogP contribution >= 0.6 is 0 Å². The molecule has 0 radical (unpaired) electrons. The first-order valence-corrected chi connectivity index (χ1v) is 4.16. The Kier molecular flexibility index (Phi) is 2.52. The summed E-state index contributed by atoms with van der Waals surface area (Å²) >= 11 is 0. The van der Waals surface area contributed by atoms with E-state index < -0.39 is 0 Å². The van der Waals surface area contributed by atoms with Gasteiger partial charge in [0.25, 0.3) is 0 Å². The van der Waals surface area contributed by atoms with Crippen LogP contribution in [0.25, 0.3) is 0 Å². The molecular weight excluding hydrogens is 154 g/mol. The summed E-state index contributed by atoms with van der Waals surface area (Å²) in [5.74, 6) is -0.00724. The van der Waals surface area contributed by atoms with Crippen LogP contribution in [0.3, 0.4) is 0 Å². The Hall–Kier alpha value is -0.830. The summed E-state index contributed by atoms with van der Waals surface area (Å²) in [7, 11) is 0. The Morgan fingerprint density at radius 1 is 1.75 bits per heavy atom. The molecule has 0 saturated carbocycles. The molecule has 1 saturated heterocycles. The summed E-state index contributed by atoms with van der Waals surface area (Å²) in [5, 5.41) is 0. The molecule has 12 heavy (non-hydrogen) atoms. The average Bonchev–Trinajstić information content (AvgIpc) is 1.99. The number of carbonyl (C=O) groups is 1. The lowest BCUT2D eigenvalue weighted by atomic mass is 9.96. The fourth-order valence-electron chi connectivity index (χ4n) is 1.49. The smallest absolute Gasteiger partial charge is 0.246 e. The van der Waals surface area contributed by atoms with Crippen molar-refractivity contribution in [1.82, 2.24) is 4.90 Å². The standard InChI is InChI=1S/C9H15NO2/c1-4-8(11)10-6-9(3,7-10)12-5-2/h4H,1,5-7H2,2-3H3. The van der Waals surface area contributed by atoms with Crippen molar-refractivity contribution in [2.75, 3.05) is 19.7 Å². The van der Waals surface area contributed by atoms with Gasteiger partial charge in [0.1, 0.15) is 5.60 Å². The third-order valence-corrected chi connectivity index (χ3v) is 2.03. The summed E-state index contributed by atoms with van der Waals surface area (Å²) in [6.45, 7) is 9.48. The van der Waals surface area contributed by atoms with E-state index in [1.165, 1.54) is 6.08 Å². The Morgan fingerprint density at radius 3 is 2.75 bits per heavy atom. The molecule has 3 nitrogen and oxygen atoms in total. The Bertz CT molecular complexity index is 195. The third-order valence-electron chi connectivity index (χ3n) is 2.03. The number of amides is 1. The number of rotatable bonds is 3. The molecule has 68 valence electrons. The molecule has 1 rings (SSSR count). The summed E-state index contributed by atoms with van der Waals surface area (Å²) < 4.78 is 5.46. The van der Waals surface area contributed by atoms with E-state index in [4.69, 9.17) is 4.74 Å². The van der Waals surface area contributed by atoms with Crippen molar-refractivity contribution in [3.8, 4) is 0 Å². The molecule has 1 aliphatic rings. The first-order valence-electron chi connectivity index (χ1n) is 4.16. The lowest BCUT2D eigenvalue weighted by Gasteiger charge is -2.46. The molecule has 0 N–H and O–H groups in total. The molecule has 0 bridgehead atoms. The fraction of sp³-hybridized carbons (Fsp3) is 0.667. The van der Waals surface area contributed by atoms with Crippen LogP contribution in [0.1, 0.15) is 13.8 Å². The molecule has 0 aromatic heterocycles. The van der Waals surface area contributed by atoms with E-state index in [-0.39, 0.29) is 11.5 Å². The van der Waals surface area contributed by atoms with Crippen molar-refractivity contribution in [2.45, 2.75) is 19.4 Å². The number of hydrogen-bond donors (Lipinski definition) is 0. The van der Waals surface area contributed by atoms with Crippen LogP contribution in [0, 0.1) is 0 Å². The molecule has 1 heterocycles. The highest BCUT2D eigenvalue weighted by Gasteiger charge is 2.40. The first kappa shape index (κ1) is 9.26. The molecule has 0 aromatic rings. The number of hydrogen-bond acceptors (Lipinski definition) is 2. The normalized spacial score (nSPS) is 20.0. The van der Waals surface area contributed by atoms with E-state index in [0.29, 0.717) is 19.7 Å². The minimum absolute atomic E-state index is 0.00724. The van der Waals surface area contributed by atoms with Gasteiger partial charge in [-0.3, -0.25) is 4.79 Å². The van der Waals surface area contributed by atoms with Crippen molar-refractivity contribution in [3.05, 3.63) is 12.7 Å². The van der Waals surface area contributed by atoms with Gasteiger partial charge in [-0.1, -0.05) is 6.58 Å². The Morgan fingerprint density at radius 2 is 2.33 bits per heavy atom. The first-order chi connectivity index (χ1) is 5.61. The third kappa shape index (κ3) is 1.67. The highest BCUT2D eigenvalue weighted by molar-refractivity contribution is 5.87. The number of nitrogens with zero attached hydrogens (tertiary/aromatic N) is 1.